The molecule has 0 amide bonds. The van der Waals surface area contributed by atoms with Gasteiger partial charge < -0.3 is 22.1 Å². The molecule has 8 heteroatoms. The number of halogens is 1. The van der Waals surface area contributed by atoms with Gasteiger partial charge in [0.15, 0.2) is 0 Å². The van der Waals surface area contributed by atoms with Crippen LogP contribution in [-0.2, 0) is 22.1 Å². The maximum atomic E-state index is 5.81. The third kappa shape index (κ3) is 10.7. The Morgan fingerprint density at radius 2 is 1.18 bits per heavy atom. The van der Waals surface area contributed by atoms with E-state index < -0.39 is 17.4 Å². The molecule has 0 N–H and O–H groups in total. The fourth-order valence-electron chi connectivity index (χ4n) is 1.51. The van der Waals surface area contributed by atoms with Crippen LogP contribution in [0.15, 0.2) is 0 Å². The molecule has 0 aliphatic heterocycles. The summed E-state index contributed by atoms with van der Waals surface area (Å²) in [7, 11) is -0.732. The van der Waals surface area contributed by atoms with Crippen LogP contribution in [0.2, 0.25) is 13.1 Å². The zero-order valence-corrected chi connectivity index (χ0v) is 19.7. The SMILES string of the molecule is CCCC(I)[Si](OCC)(OCC)OCC.CO[Si](C)(C)OC. The van der Waals surface area contributed by atoms with Crippen LogP contribution in [0.3, 0.4) is 0 Å². The summed E-state index contributed by atoms with van der Waals surface area (Å²) in [6.45, 7) is 14.1. The van der Waals surface area contributed by atoms with Crippen LogP contribution in [0.1, 0.15) is 40.5 Å². The molecule has 1 atom stereocenters. The Kier molecular flexibility index (Phi) is 16.4. The van der Waals surface area contributed by atoms with E-state index in [1.165, 1.54) is 0 Å². The van der Waals surface area contributed by atoms with Gasteiger partial charge in [0.05, 0.1) is 3.55 Å². The highest BCUT2D eigenvalue weighted by atomic mass is 127. The standard InChI is InChI=1S/C10H23IO3Si.C4H12O2Si/c1-5-9-10(11)15(12-6-2,13-7-3)14-8-4;1-5-7(3,4)6-2/h10H,5-9H2,1-4H3;1-4H3. The van der Waals surface area contributed by atoms with Gasteiger partial charge in [0.25, 0.3) is 0 Å². The molecule has 0 aliphatic carbocycles. The van der Waals surface area contributed by atoms with Gasteiger partial charge in [0.2, 0.25) is 0 Å². The van der Waals surface area contributed by atoms with Crippen molar-refractivity contribution in [2.24, 2.45) is 0 Å². The summed E-state index contributed by atoms with van der Waals surface area (Å²) < 4.78 is 27.8. The first-order valence-corrected chi connectivity index (χ1v) is 13.8. The van der Waals surface area contributed by atoms with Crippen LogP contribution in [0.25, 0.3) is 0 Å². The van der Waals surface area contributed by atoms with Crippen molar-refractivity contribution >= 4 is 40.0 Å². The largest absolute Gasteiger partial charge is 0.514 e. The first kappa shape index (κ1) is 25.2. The fraction of sp³-hybridized carbons (Fsp3) is 1.00. The lowest BCUT2D eigenvalue weighted by molar-refractivity contribution is 0.0701. The van der Waals surface area contributed by atoms with E-state index >= 15 is 0 Å². The maximum absolute atomic E-state index is 5.81. The summed E-state index contributed by atoms with van der Waals surface area (Å²) in [6.07, 6.45) is 2.22. The summed E-state index contributed by atoms with van der Waals surface area (Å²) in [6, 6.07) is 0. The smallest absolute Gasteiger partial charge is 0.398 e. The van der Waals surface area contributed by atoms with Gasteiger partial charge in [0.1, 0.15) is 0 Å². The van der Waals surface area contributed by atoms with E-state index in [2.05, 4.69) is 29.5 Å². The Balaban J connectivity index is 0. The summed E-state index contributed by atoms with van der Waals surface area (Å²) >= 11 is 2.41. The third-order valence-electron chi connectivity index (χ3n) is 2.95. The van der Waals surface area contributed by atoms with E-state index in [9.17, 15) is 0 Å². The van der Waals surface area contributed by atoms with Gasteiger partial charge in [-0.15, -0.1) is 0 Å². The van der Waals surface area contributed by atoms with E-state index in [1.807, 2.05) is 33.9 Å². The Hall–Kier alpha value is 0.964. The van der Waals surface area contributed by atoms with Crippen molar-refractivity contribution < 1.29 is 22.1 Å². The molecule has 5 nitrogen and oxygen atoms in total. The average Bonchev–Trinajstić information content (AvgIpc) is 2.49. The zero-order valence-electron chi connectivity index (χ0n) is 15.5. The first-order valence-electron chi connectivity index (χ1n) is 7.95. The summed E-state index contributed by atoms with van der Waals surface area (Å²) in [5, 5.41) is 0. The molecule has 0 saturated carbocycles. The molecule has 0 rings (SSSR count). The molecular formula is C14H35IO5Si2. The molecule has 0 bridgehead atoms. The van der Waals surface area contributed by atoms with Crippen LogP contribution < -0.4 is 0 Å². The molecule has 0 aromatic heterocycles. The minimum absolute atomic E-state index is 0.361. The Morgan fingerprint density at radius 1 is 0.818 bits per heavy atom. The van der Waals surface area contributed by atoms with Crippen molar-refractivity contribution in [3.8, 4) is 0 Å². The fourth-order valence-corrected chi connectivity index (χ4v) is 6.56. The second-order valence-corrected chi connectivity index (χ2v) is 14.0. The highest BCUT2D eigenvalue weighted by molar-refractivity contribution is 14.1. The molecule has 0 heterocycles. The number of alkyl halides is 1. The third-order valence-corrected chi connectivity index (χ3v) is 11.0. The topological polar surface area (TPSA) is 46.2 Å². The second kappa shape index (κ2) is 14.3. The molecule has 0 aromatic rings. The molecule has 22 heavy (non-hydrogen) atoms. The highest BCUT2D eigenvalue weighted by Gasteiger charge is 2.47. The van der Waals surface area contributed by atoms with E-state index in [0.29, 0.717) is 23.4 Å². The summed E-state index contributed by atoms with van der Waals surface area (Å²) in [5.74, 6) is 0. The van der Waals surface area contributed by atoms with Gasteiger partial charge in [-0.3, -0.25) is 0 Å². The van der Waals surface area contributed by atoms with Crippen LogP contribution in [0.5, 0.6) is 0 Å². The van der Waals surface area contributed by atoms with Gasteiger partial charge >= 0.3 is 17.4 Å². The maximum Gasteiger partial charge on any atom is 0.514 e. The molecule has 0 aliphatic rings. The Labute approximate surface area is 153 Å². The van der Waals surface area contributed by atoms with Crippen molar-refractivity contribution in [2.45, 2.75) is 57.2 Å². The van der Waals surface area contributed by atoms with Crippen molar-refractivity contribution in [3.63, 3.8) is 0 Å². The van der Waals surface area contributed by atoms with Gasteiger partial charge in [-0.2, -0.15) is 0 Å². The van der Waals surface area contributed by atoms with E-state index in [1.54, 1.807) is 14.2 Å². The number of hydrogen-bond donors (Lipinski definition) is 0. The Bertz CT molecular complexity index is 234. The number of hydrogen-bond acceptors (Lipinski definition) is 5. The van der Waals surface area contributed by atoms with E-state index in [0.717, 1.165) is 12.8 Å². The lowest BCUT2D eigenvalue weighted by Gasteiger charge is -2.32. The summed E-state index contributed by atoms with van der Waals surface area (Å²) in [5.41, 5.74) is 0. The predicted octanol–water partition coefficient (Wildman–Crippen LogP) is 4.16. The van der Waals surface area contributed by atoms with Crippen molar-refractivity contribution in [3.05, 3.63) is 0 Å². The molecule has 0 saturated heterocycles. The van der Waals surface area contributed by atoms with Crippen LogP contribution in [-0.4, -0.2) is 55.0 Å². The van der Waals surface area contributed by atoms with Crippen LogP contribution in [0, 0.1) is 0 Å². The number of rotatable bonds is 11. The lowest BCUT2D eigenvalue weighted by atomic mass is 10.4. The Morgan fingerprint density at radius 3 is 1.36 bits per heavy atom. The van der Waals surface area contributed by atoms with Gasteiger partial charge in [-0.25, -0.2) is 0 Å². The molecule has 0 spiro atoms. The second-order valence-electron chi connectivity index (χ2n) is 4.97. The van der Waals surface area contributed by atoms with Crippen molar-refractivity contribution in [2.75, 3.05) is 34.0 Å². The van der Waals surface area contributed by atoms with Crippen molar-refractivity contribution in [1.82, 2.24) is 0 Å². The minimum atomic E-state index is -2.43. The monoisotopic (exact) mass is 466 g/mol. The van der Waals surface area contributed by atoms with Gasteiger partial charge in [-0.05, 0) is 40.3 Å². The van der Waals surface area contributed by atoms with E-state index in [4.69, 9.17) is 22.1 Å². The van der Waals surface area contributed by atoms with Crippen molar-refractivity contribution in [1.29, 1.82) is 0 Å². The molecule has 0 radical (unpaired) electrons. The average molecular weight is 467 g/mol. The molecule has 1 unspecified atom stereocenters. The van der Waals surface area contributed by atoms with Gasteiger partial charge in [0, 0.05) is 34.0 Å². The predicted molar refractivity (Wildman–Crippen MR) is 105 cm³/mol. The lowest BCUT2D eigenvalue weighted by Crippen LogP contribution is -2.54. The molecular weight excluding hydrogens is 431 g/mol. The molecule has 0 aromatic carbocycles. The van der Waals surface area contributed by atoms with Crippen LogP contribution in [0.4, 0.5) is 0 Å². The van der Waals surface area contributed by atoms with E-state index in [-0.39, 0.29) is 0 Å². The molecule has 136 valence electrons. The summed E-state index contributed by atoms with van der Waals surface area (Å²) in [4.78, 5) is 0. The minimum Gasteiger partial charge on any atom is -0.398 e. The van der Waals surface area contributed by atoms with Crippen LogP contribution >= 0.6 is 22.6 Å². The van der Waals surface area contributed by atoms with Gasteiger partial charge in [-0.1, -0.05) is 35.9 Å². The quantitative estimate of drug-likeness (QED) is 0.260. The highest BCUT2D eigenvalue weighted by Crippen LogP contribution is 2.25. The molecule has 0 fully saturated rings. The first-order chi connectivity index (χ1) is 10.3. The zero-order chi connectivity index (χ0) is 17.6. The normalized spacial score (nSPS) is 13.5.